The van der Waals surface area contributed by atoms with Crippen molar-refractivity contribution in [2.24, 2.45) is 10.9 Å². The Balaban J connectivity index is 0.00000200. The van der Waals surface area contributed by atoms with Gasteiger partial charge in [0.2, 0.25) is 0 Å². The number of hydrogen-bond acceptors (Lipinski definition) is 3. The summed E-state index contributed by atoms with van der Waals surface area (Å²) < 4.78 is 5.43. The van der Waals surface area contributed by atoms with Crippen LogP contribution in [0.2, 0.25) is 0 Å². The molecule has 1 atom stereocenters. The van der Waals surface area contributed by atoms with E-state index in [1.165, 1.54) is 4.88 Å². The first-order chi connectivity index (χ1) is 9.29. The summed E-state index contributed by atoms with van der Waals surface area (Å²) >= 11 is 1.75. The van der Waals surface area contributed by atoms with Gasteiger partial charge in [-0.15, -0.1) is 35.3 Å². The molecule has 1 aromatic rings. The van der Waals surface area contributed by atoms with Gasteiger partial charge in [-0.25, -0.2) is 4.99 Å². The Morgan fingerprint density at radius 3 is 3.05 bits per heavy atom. The Hall–Kier alpha value is -0.340. The predicted molar refractivity (Wildman–Crippen MR) is 96.1 cm³/mol. The van der Waals surface area contributed by atoms with E-state index in [-0.39, 0.29) is 24.0 Å². The molecule has 4 nitrogen and oxygen atoms in total. The van der Waals surface area contributed by atoms with Gasteiger partial charge in [0.25, 0.3) is 0 Å². The summed E-state index contributed by atoms with van der Waals surface area (Å²) in [5.41, 5.74) is 0. The smallest absolute Gasteiger partial charge is 0.194 e. The molecule has 2 heterocycles. The predicted octanol–water partition coefficient (Wildman–Crippen LogP) is 2.80. The van der Waals surface area contributed by atoms with Gasteiger partial charge < -0.3 is 15.0 Å². The lowest BCUT2D eigenvalue weighted by Crippen LogP contribution is -2.41. The third kappa shape index (κ3) is 5.57. The van der Waals surface area contributed by atoms with Crippen molar-refractivity contribution >= 4 is 41.3 Å². The molecule has 1 fully saturated rings. The van der Waals surface area contributed by atoms with Crippen LogP contribution in [0.3, 0.4) is 0 Å². The Bertz CT molecular complexity index is 391. The summed E-state index contributed by atoms with van der Waals surface area (Å²) in [5, 5.41) is 5.45. The summed E-state index contributed by atoms with van der Waals surface area (Å²) in [6.45, 7) is 6.56. The van der Waals surface area contributed by atoms with Crippen molar-refractivity contribution in [2.75, 3.05) is 33.4 Å². The molecular weight excluding hydrogens is 385 g/mol. The Morgan fingerprint density at radius 2 is 2.45 bits per heavy atom. The second-order valence-corrected chi connectivity index (χ2v) is 5.89. The fourth-order valence-electron chi connectivity index (χ4n) is 2.23. The van der Waals surface area contributed by atoms with Crippen molar-refractivity contribution in [3.05, 3.63) is 22.4 Å². The van der Waals surface area contributed by atoms with Crippen molar-refractivity contribution in [3.8, 4) is 0 Å². The normalized spacial score (nSPS) is 18.7. The highest BCUT2D eigenvalue weighted by Gasteiger charge is 2.18. The minimum atomic E-state index is 0. The van der Waals surface area contributed by atoms with Gasteiger partial charge in [0.15, 0.2) is 5.96 Å². The third-order valence-corrected chi connectivity index (χ3v) is 4.08. The summed E-state index contributed by atoms with van der Waals surface area (Å²) in [4.78, 5) is 8.22. The summed E-state index contributed by atoms with van der Waals surface area (Å²) in [7, 11) is 2.11. The minimum absolute atomic E-state index is 0. The molecule has 1 N–H and O–H groups in total. The Morgan fingerprint density at radius 1 is 1.60 bits per heavy atom. The molecule has 0 bridgehead atoms. The van der Waals surface area contributed by atoms with Crippen LogP contribution in [0.5, 0.6) is 0 Å². The van der Waals surface area contributed by atoms with Crippen molar-refractivity contribution in [2.45, 2.75) is 19.9 Å². The lowest BCUT2D eigenvalue weighted by molar-refractivity contribution is 0.181. The van der Waals surface area contributed by atoms with Gasteiger partial charge in [-0.1, -0.05) is 6.07 Å². The van der Waals surface area contributed by atoms with E-state index in [4.69, 9.17) is 9.73 Å². The van der Waals surface area contributed by atoms with Crippen molar-refractivity contribution in [1.29, 1.82) is 0 Å². The van der Waals surface area contributed by atoms with Crippen LogP contribution in [0, 0.1) is 5.92 Å². The molecule has 1 saturated heterocycles. The van der Waals surface area contributed by atoms with Gasteiger partial charge in [-0.2, -0.15) is 0 Å². The van der Waals surface area contributed by atoms with Crippen LogP contribution in [0.4, 0.5) is 0 Å². The lowest BCUT2D eigenvalue weighted by Gasteiger charge is -2.24. The molecule has 20 heavy (non-hydrogen) atoms. The van der Waals surface area contributed by atoms with Crippen LogP contribution in [-0.4, -0.2) is 44.2 Å². The zero-order valence-electron chi connectivity index (χ0n) is 12.2. The van der Waals surface area contributed by atoms with Gasteiger partial charge in [0.1, 0.15) is 0 Å². The third-order valence-electron chi connectivity index (χ3n) is 3.22. The van der Waals surface area contributed by atoms with E-state index in [2.05, 4.69) is 41.7 Å². The number of aliphatic imine (C=N–C) groups is 1. The van der Waals surface area contributed by atoms with E-state index >= 15 is 0 Å². The largest absolute Gasteiger partial charge is 0.381 e. The van der Waals surface area contributed by atoms with E-state index in [0.717, 1.165) is 45.2 Å². The van der Waals surface area contributed by atoms with Crippen LogP contribution in [0.1, 0.15) is 18.2 Å². The quantitative estimate of drug-likeness (QED) is 0.462. The standard InChI is InChI=1S/C14H23N3OS.HI/c1-3-15-14(16-9-13-5-4-8-19-13)17(2)10-12-6-7-18-11-12;/h4-5,8,12H,3,6-7,9-11H2,1-2H3,(H,15,16);1H. The number of hydrogen-bond donors (Lipinski definition) is 1. The van der Waals surface area contributed by atoms with E-state index in [0.29, 0.717) is 5.92 Å². The number of guanidine groups is 1. The topological polar surface area (TPSA) is 36.9 Å². The number of ether oxygens (including phenoxy) is 1. The van der Waals surface area contributed by atoms with Crippen LogP contribution in [0.25, 0.3) is 0 Å². The maximum absolute atomic E-state index is 5.43. The van der Waals surface area contributed by atoms with Crippen molar-refractivity contribution in [3.63, 3.8) is 0 Å². The first-order valence-corrected chi connectivity index (χ1v) is 7.77. The number of nitrogens with one attached hydrogen (secondary N) is 1. The van der Waals surface area contributed by atoms with Crippen molar-refractivity contribution in [1.82, 2.24) is 10.2 Å². The lowest BCUT2D eigenvalue weighted by atomic mass is 10.1. The molecule has 1 aliphatic rings. The number of rotatable bonds is 5. The molecule has 0 saturated carbocycles. The fourth-order valence-corrected chi connectivity index (χ4v) is 2.85. The molecule has 114 valence electrons. The minimum Gasteiger partial charge on any atom is -0.381 e. The first kappa shape index (κ1) is 17.7. The van der Waals surface area contributed by atoms with E-state index in [1.807, 2.05) is 0 Å². The summed E-state index contributed by atoms with van der Waals surface area (Å²) in [6, 6.07) is 4.20. The first-order valence-electron chi connectivity index (χ1n) is 6.89. The Kier molecular flexibility index (Phi) is 8.47. The number of halogens is 1. The van der Waals surface area contributed by atoms with Crippen LogP contribution in [-0.2, 0) is 11.3 Å². The molecule has 6 heteroatoms. The summed E-state index contributed by atoms with van der Waals surface area (Å²) in [6.07, 6.45) is 1.16. The van der Waals surface area contributed by atoms with E-state index < -0.39 is 0 Å². The molecule has 0 aromatic carbocycles. The van der Waals surface area contributed by atoms with Crippen molar-refractivity contribution < 1.29 is 4.74 Å². The molecular formula is C14H24IN3OS. The molecule has 1 aromatic heterocycles. The highest BCUT2D eigenvalue weighted by atomic mass is 127. The molecule has 0 radical (unpaired) electrons. The summed E-state index contributed by atoms with van der Waals surface area (Å²) in [5.74, 6) is 1.62. The van der Waals surface area contributed by atoms with Gasteiger partial charge in [0.05, 0.1) is 13.2 Å². The molecule has 1 aliphatic heterocycles. The molecule has 0 aliphatic carbocycles. The molecule has 0 spiro atoms. The maximum Gasteiger partial charge on any atom is 0.194 e. The van der Waals surface area contributed by atoms with E-state index in [1.54, 1.807) is 11.3 Å². The van der Waals surface area contributed by atoms with Gasteiger partial charge >= 0.3 is 0 Å². The number of thiophene rings is 1. The highest BCUT2D eigenvalue weighted by molar-refractivity contribution is 14.0. The molecule has 0 amide bonds. The zero-order valence-corrected chi connectivity index (χ0v) is 15.3. The van der Waals surface area contributed by atoms with Gasteiger partial charge in [-0.3, -0.25) is 0 Å². The highest BCUT2D eigenvalue weighted by Crippen LogP contribution is 2.14. The average molecular weight is 409 g/mol. The average Bonchev–Trinajstić information content (AvgIpc) is 3.07. The van der Waals surface area contributed by atoms with Crippen LogP contribution < -0.4 is 5.32 Å². The van der Waals surface area contributed by atoms with Crippen LogP contribution >= 0.6 is 35.3 Å². The maximum atomic E-state index is 5.43. The fraction of sp³-hybridized carbons (Fsp3) is 0.643. The van der Waals surface area contributed by atoms with E-state index in [9.17, 15) is 0 Å². The second kappa shape index (κ2) is 9.57. The monoisotopic (exact) mass is 409 g/mol. The zero-order chi connectivity index (χ0) is 13.5. The Labute approximate surface area is 142 Å². The van der Waals surface area contributed by atoms with Gasteiger partial charge in [0, 0.05) is 37.5 Å². The molecule has 2 rings (SSSR count). The second-order valence-electron chi connectivity index (χ2n) is 4.86. The van der Waals surface area contributed by atoms with Gasteiger partial charge in [-0.05, 0) is 24.8 Å². The van der Waals surface area contributed by atoms with Crippen LogP contribution in [0.15, 0.2) is 22.5 Å². The number of nitrogens with zero attached hydrogens (tertiary/aromatic N) is 2. The molecule has 1 unspecified atom stereocenters. The SMILES string of the molecule is CCNC(=NCc1cccs1)N(C)CC1CCOC1.I.